The van der Waals surface area contributed by atoms with Gasteiger partial charge in [-0.2, -0.15) is 0 Å². The van der Waals surface area contributed by atoms with Crippen molar-refractivity contribution in [2.75, 3.05) is 31.1 Å². The molecule has 1 fully saturated rings. The minimum absolute atomic E-state index is 0.104. The van der Waals surface area contributed by atoms with Gasteiger partial charge in [0.1, 0.15) is 0 Å². The van der Waals surface area contributed by atoms with Crippen LogP contribution in [0.5, 0.6) is 0 Å². The van der Waals surface area contributed by atoms with E-state index in [9.17, 15) is 4.79 Å². The lowest BCUT2D eigenvalue weighted by Crippen LogP contribution is -2.49. The molecule has 0 bridgehead atoms. The predicted molar refractivity (Wildman–Crippen MR) is 94.1 cm³/mol. The van der Waals surface area contributed by atoms with Crippen LogP contribution in [0.25, 0.3) is 10.2 Å². The molecule has 1 aliphatic rings. The van der Waals surface area contributed by atoms with Crippen molar-refractivity contribution in [1.29, 1.82) is 0 Å². The van der Waals surface area contributed by atoms with Gasteiger partial charge in [0.15, 0.2) is 5.13 Å². The molecule has 0 spiro atoms. The van der Waals surface area contributed by atoms with Crippen molar-refractivity contribution in [3.8, 4) is 0 Å². The van der Waals surface area contributed by atoms with Crippen LogP contribution in [0, 0.1) is 0 Å². The highest BCUT2D eigenvalue weighted by Crippen LogP contribution is 2.28. The molecule has 23 heavy (non-hydrogen) atoms. The lowest BCUT2D eigenvalue weighted by molar-refractivity contribution is -0.123. The van der Waals surface area contributed by atoms with Crippen LogP contribution in [0.15, 0.2) is 24.3 Å². The summed E-state index contributed by atoms with van der Waals surface area (Å²) < 4.78 is 6.85. The molecule has 0 saturated carbocycles. The van der Waals surface area contributed by atoms with Crippen LogP contribution >= 0.6 is 11.3 Å². The number of carbonyl (C=O) groups is 1. The second-order valence-electron chi connectivity index (χ2n) is 6.05. The van der Waals surface area contributed by atoms with Gasteiger partial charge < -0.3 is 4.74 Å². The summed E-state index contributed by atoms with van der Waals surface area (Å²) in [7, 11) is 0. The van der Waals surface area contributed by atoms with Gasteiger partial charge in [-0.1, -0.05) is 23.5 Å². The topological polar surface area (TPSA) is 45.7 Å². The molecule has 1 amide bonds. The first-order valence-corrected chi connectivity index (χ1v) is 8.92. The summed E-state index contributed by atoms with van der Waals surface area (Å²) in [4.78, 5) is 21.3. The lowest BCUT2D eigenvalue weighted by atomic mass is 10.2. The molecular weight excluding hydrogens is 310 g/mol. The molecule has 3 rings (SSSR count). The van der Waals surface area contributed by atoms with E-state index >= 15 is 0 Å². The molecule has 1 aromatic heterocycles. The molecule has 5 nitrogen and oxygen atoms in total. The zero-order chi connectivity index (χ0) is 16.4. The van der Waals surface area contributed by atoms with E-state index < -0.39 is 0 Å². The van der Waals surface area contributed by atoms with Crippen molar-refractivity contribution in [3.05, 3.63) is 24.3 Å². The SMILES string of the molecule is CCN(C(=O)CN1CC(C)OC(C)C1)c1nc2ccccc2s1. The highest BCUT2D eigenvalue weighted by molar-refractivity contribution is 7.22. The Kier molecular flexibility index (Phi) is 4.94. The summed E-state index contributed by atoms with van der Waals surface area (Å²) in [6.07, 6.45) is 0.341. The van der Waals surface area contributed by atoms with Crippen LogP contribution in [-0.2, 0) is 9.53 Å². The van der Waals surface area contributed by atoms with E-state index in [0.29, 0.717) is 13.1 Å². The number of benzene rings is 1. The van der Waals surface area contributed by atoms with Crippen LogP contribution in [-0.4, -0.2) is 54.2 Å². The number of thiazole rings is 1. The number of carbonyl (C=O) groups excluding carboxylic acids is 1. The third-order valence-electron chi connectivity index (χ3n) is 3.98. The second kappa shape index (κ2) is 6.95. The predicted octanol–water partition coefficient (Wildman–Crippen LogP) is 2.76. The number of ether oxygens (including phenoxy) is 1. The van der Waals surface area contributed by atoms with Gasteiger partial charge in [-0.3, -0.25) is 14.6 Å². The molecule has 124 valence electrons. The Balaban J connectivity index is 1.73. The number of fused-ring (bicyclic) bond motifs is 1. The zero-order valence-electron chi connectivity index (χ0n) is 13.9. The van der Waals surface area contributed by atoms with E-state index in [2.05, 4.69) is 23.7 Å². The fourth-order valence-electron chi connectivity index (χ4n) is 3.08. The lowest BCUT2D eigenvalue weighted by Gasteiger charge is -2.35. The molecule has 2 aromatic rings. The van der Waals surface area contributed by atoms with Crippen molar-refractivity contribution in [1.82, 2.24) is 9.88 Å². The number of para-hydroxylation sites is 1. The Hall–Kier alpha value is -1.50. The Morgan fingerprint density at radius 1 is 1.35 bits per heavy atom. The van der Waals surface area contributed by atoms with Gasteiger partial charge in [-0.15, -0.1) is 0 Å². The Morgan fingerprint density at radius 3 is 2.70 bits per heavy atom. The number of nitrogens with zero attached hydrogens (tertiary/aromatic N) is 3. The van der Waals surface area contributed by atoms with Gasteiger partial charge in [0.2, 0.25) is 5.91 Å². The maximum Gasteiger partial charge on any atom is 0.242 e. The number of rotatable bonds is 4. The summed E-state index contributed by atoms with van der Waals surface area (Å²) in [5.41, 5.74) is 0.951. The Morgan fingerprint density at radius 2 is 2.04 bits per heavy atom. The monoisotopic (exact) mass is 333 g/mol. The zero-order valence-corrected chi connectivity index (χ0v) is 14.7. The summed E-state index contributed by atoms with van der Waals surface area (Å²) in [5, 5.41) is 0.785. The van der Waals surface area contributed by atoms with E-state index in [4.69, 9.17) is 4.74 Å². The minimum atomic E-state index is 0.104. The third-order valence-corrected chi connectivity index (χ3v) is 5.04. The first-order chi connectivity index (χ1) is 11.1. The smallest absolute Gasteiger partial charge is 0.242 e. The number of hydrogen-bond acceptors (Lipinski definition) is 5. The van der Waals surface area contributed by atoms with E-state index in [-0.39, 0.29) is 18.1 Å². The molecule has 2 atom stereocenters. The van der Waals surface area contributed by atoms with Crippen molar-refractivity contribution in [2.24, 2.45) is 0 Å². The van der Waals surface area contributed by atoms with E-state index in [1.54, 1.807) is 16.2 Å². The van der Waals surface area contributed by atoms with Gasteiger partial charge in [0.05, 0.1) is 29.0 Å². The summed E-state index contributed by atoms with van der Waals surface area (Å²) in [5.74, 6) is 0.104. The quantitative estimate of drug-likeness (QED) is 0.863. The highest BCUT2D eigenvalue weighted by atomic mass is 32.1. The Labute approximate surface area is 140 Å². The van der Waals surface area contributed by atoms with Gasteiger partial charge in [-0.05, 0) is 32.9 Å². The summed E-state index contributed by atoms with van der Waals surface area (Å²) in [6, 6.07) is 8.00. The molecule has 1 aromatic carbocycles. The number of aromatic nitrogens is 1. The molecule has 0 aliphatic carbocycles. The van der Waals surface area contributed by atoms with Crippen LogP contribution in [0.3, 0.4) is 0 Å². The largest absolute Gasteiger partial charge is 0.373 e. The van der Waals surface area contributed by atoms with Crippen molar-refractivity contribution >= 4 is 32.6 Å². The molecule has 0 N–H and O–H groups in total. The molecule has 1 aliphatic heterocycles. The fourth-order valence-corrected chi connectivity index (χ4v) is 4.13. The van der Waals surface area contributed by atoms with Crippen molar-refractivity contribution < 1.29 is 9.53 Å². The van der Waals surface area contributed by atoms with Crippen molar-refractivity contribution in [3.63, 3.8) is 0 Å². The molecule has 1 saturated heterocycles. The molecule has 6 heteroatoms. The molecular formula is C17H23N3O2S. The second-order valence-corrected chi connectivity index (χ2v) is 7.06. The standard InChI is InChI=1S/C17H23N3O2S/c1-4-20(17-18-14-7-5-6-8-15(14)23-17)16(21)11-19-9-12(2)22-13(3)10-19/h5-8,12-13H,4,9-11H2,1-3H3. The maximum absolute atomic E-state index is 12.7. The van der Waals surface area contributed by atoms with E-state index in [1.165, 1.54) is 0 Å². The van der Waals surface area contributed by atoms with Gasteiger partial charge >= 0.3 is 0 Å². The van der Waals surface area contributed by atoms with Crippen LogP contribution in [0.1, 0.15) is 20.8 Å². The fraction of sp³-hybridized carbons (Fsp3) is 0.529. The van der Waals surface area contributed by atoms with Gasteiger partial charge in [0.25, 0.3) is 0 Å². The van der Waals surface area contributed by atoms with Crippen LogP contribution in [0.2, 0.25) is 0 Å². The summed E-state index contributed by atoms with van der Waals surface area (Å²) >= 11 is 1.57. The molecule has 2 unspecified atom stereocenters. The van der Waals surface area contributed by atoms with Gasteiger partial charge in [-0.25, -0.2) is 4.98 Å². The minimum Gasteiger partial charge on any atom is -0.373 e. The first-order valence-electron chi connectivity index (χ1n) is 8.10. The van der Waals surface area contributed by atoms with Crippen LogP contribution < -0.4 is 4.90 Å². The normalized spacial score (nSPS) is 22.4. The number of morpholine rings is 1. The number of amides is 1. The molecule has 0 radical (unpaired) electrons. The van der Waals surface area contributed by atoms with Crippen LogP contribution in [0.4, 0.5) is 5.13 Å². The Bertz CT molecular complexity index is 644. The van der Waals surface area contributed by atoms with E-state index in [0.717, 1.165) is 28.4 Å². The summed E-state index contributed by atoms with van der Waals surface area (Å²) in [6.45, 7) is 8.75. The number of anilines is 1. The van der Waals surface area contributed by atoms with Gasteiger partial charge in [0, 0.05) is 19.6 Å². The maximum atomic E-state index is 12.7. The molecule has 2 heterocycles. The number of likely N-dealkylation sites (N-methyl/N-ethyl adjacent to an activating group) is 1. The average Bonchev–Trinajstić information content (AvgIpc) is 2.90. The third kappa shape index (κ3) is 3.71. The first kappa shape index (κ1) is 16.4. The van der Waals surface area contributed by atoms with Crippen molar-refractivity contribution in [2.45, 2.75) is 33.0 Å². The van der Waals surface area contributed by atoms with E-state index in [1.807, 2.05) is 31.2 Å². The number of hydrogen-bond donors (Lipinski definition) is 0. The average molecular weight is 333 g/mol. The highest BCUT2D eigenvalue weighted by Gasteiger charge is 2.26.